The average molecular weight is 293 g/mol. The van der Waals surface area contributed by atoms with Crippen LogP contribution in [0.2, 0.25) is 0 Å². The van der Waals surface area contributed by atoms with E-state index in [1.54, 1.807) is 0 Å². The lowest BCUT2D eigenvalue weighted by molar-refractivity contribution is -0.121. The van der Waals surface area contributed by atoms with E-state index in [0.29, 0.717) is 11.6 Å². The molecule has 0 radical (unpaired) electrons. The third-order valence-electron chi connectivity index (χ3n) is 4.33. The van der Waals surface area contributed by atoms with Crippen LogP contribution in [0.1, 0.15) is 33.1 Å². The smallest absolute Gasteiger partial charge is 0.241 e. The van der Waals surface area contributed by atoms with Crippen LogP contribution in [0.25, 0.3) is 0 Å². The van der Waals surface area contributed by atoms with Crippen LogP contribution >= 0.6 is 0 Å². The highest BCUT2D eigenvalue weighted by Crippen LogP contribution is 2.23. The molecule has 4 nitrogen and oxygen atoms in total. The van der Waals surface area contributed by atoms with E-state index in [1.807, 2.05) is 6.92 Å². The average Bonchev–Trinajstić information content (AvgIpc) is 2.49. The number of piperidine rings is 1. The molecule has 2 atom stereocenters. The molecule has 2 unspecified atom stereocenters. The monoisotopic (exact) mass is 293 g/mol. The lowest BCUT2D eigenvalue weighted by atomic mass is 9.94. The van der Waals surface area contributed by atoms with Crippen molar-refractivity contribution in [3.05, 3.63) is 24.0 Å². The van der Waals surface area contributed by atoms with Crippen LogP contribution in [0, 0.1) is 11.7 Å². The number of hydrogen-bond acceptors (Lipinski definition) is 3. The summed E-state index contributed by atoms with van der Waals surface area (Å²) in [5.74, 6) is 0.176. The van der Waals surface area contributed by atoms with E-state index in [-0.39, 0.29) is 17.6 Å². The van der Waals surface area contributed by atoms with Gasteiger partial charge in [-0.25, -0.2) is 4.39 Å². The van der Waals surface area contributed by atoms with Crippen molar-refractivity contribution in [1.29, 1.82) is 0 Å². The quantitative estimate of drug-likeness (QED) is 0.839. The number of carbonyl (C=O) groups excluding carboxylic acids is 1. The van der Waals surface area contributed by atoms with Gasteiger partial charge in [0.2, 0.25) is 5.91 Å². The molecule has 1 heterocycles. The molecular formula is C16H24FN3O. The maximum absolute atomic E-state index is 13.0. The first-order chi connectivity index (χ1) is 10.0. The van der Waals surface area contributed by atoms with Crippen molar-refractivity contribution in [2.24, 2.45) is 5.92 Å². The summed E-state index contributed by atoms with van der Waals surface area (Å²) in [5.41, 5.74) is 6.44. The maximum atomic E-state index is 13.0. The minimum Gasteiger partial charge on any atom is -0.397 e. The van der Waals surface area contributed by atoms with Gasteiger partial charge >= 0.3 is 0 Å². The Hall–Kier alpha value is -1.62. The Morgan fingerprint density at radius 3 is 3.00 bits per heavy atom. The molecule has 21 heavy (non-hydrogen) atoms. The van der Waals surface area contributed by atoms with Crippen molar-refractivity contribution >= 4 is 17.3 Å². The van der Waals surface area contributed by atoms with Gasteiger partial charge in [-0.15, -0.1) is 0 Å². The van der Waals surface area contributed by atoms with E-state index in [1.165, 1.54) is 24.6 Å². The van der Waals surface area contributed by atoms with Crippen molar-refractivity contribution in [2.75, 3.05) is 24.1 Å². The molecule has 1 aliphatic heterocycles. The van der Waals surface area contributed by atoms with Crippen molar-refractivity contribution in [3.63, 3.8) is 0 Å². The number of amides is 1. The van der Waals surface area contributed by atoms with Crippen LogP contribution in [0.5, 0.6) is 0 Å². The Bertz CT molecular complexity index is 506. The molecule has 0 aromatic heterocycles. The predicted molar refractivity (Wildman–Crippen MR) is 83.5 cm³/mol. The highest BCUT2D eigenvalue weighted by atomic mass is 19.1. The van der Waals surface area contributed by atoms with E-state index < -0.39 is 5.82 Å². The summed E-state index contributed by atoms with van der Waals surface area (Å²) in [6, 6.07) is 3.81. The Balaban J connectivity index is 1.99. The zero-order valence-corrected chi connectivity index (χ0v) is 12.7. The number of nitrogen functional groups attached to an aromatic ring is 1. The fourth-order valence-corrected chi connectivity index (χ4v) is 2.83. The van der Waals surface area contributed by atoms with Gasteiger partial charge in [-0.1, -0.05) is 13.3 Å². The predicted octanol–water partition coefficient (Wildman–Crippen LogP) is 2.86. The normalized spacial score (nSPS) is 21.0. The number of nitrogens with zero attached hydrogens (tertiary/aromatic N) is 1. The molecule has 0 saturated carbocycles. The van der Waals surface area contributed by atoms with E-state index in [4.69, 9.17) is 5.73 Å². The first-order valence-electron chi connectivity index (χ1n) is 7.61. The number of nitrogens with two attached hydrogens (primary N) is 1. The van der Waals surface area contributed by atoms with Gasteiger partial charge in [-0.3, -0.25) is 9.69 Å². The minimum absolute atomic E-state index is 0.0925. The summed E-state index contributed by atoms with van der Waals surface area (Å²) in [5, 5.41) is 2.80. The van der Waals surface area contributed by atoms with Crippen LogP contribution in [0.4, 0.5) is 15.8 Å². The topological polar surface area (TPSA) is 58.4 Å². The summed E-state index contributed by atoms with van der Waals surface area (Å²) >= 11 is 0. The Morgan fingerprint density at radius 2 is 2.33 bits per heavy atom. The SMILES string of the molecule is CCC1CCCN(C(C)C(=O)Nc2ccc(F)cc2N)C1. The van der Waals surface area contributed by atoms with Crippen molar-refractivity contribution in [1.82, 2.24) is 4.90 Å². The summed E-state index contributed by atoms with van der Waals surface area (Å²) in [6.45, 7) is 6.01. The molecule has 0 spiro atoms. The van der Waals surface area contributed by atoms with E-state index >= 15 is 0 Å². The molecule has 3 N–H and O–H groups in total. The molecule has 116 valence electrons. The molecule has 1 saturated heterocycles. The summed E-state index contributed by atoms with van der Waals surface area (Å²) in [7, 11) is 0. The number of halogens is 1. The Labute approximate surface area is 125 Å². The van der Waals surface area contributed by atoms with Crippen LogP contribution in [-0.4, -0.2) is 29.9 Å². The fraction of sp³-hybridized carbons (Fsp3) is 0.562. The fourth-order valence-electron chi connectivity index (χ4n) is 2.83. The van der Waals surface area contributed by atoms with Gasteiger partial charge in [-0.05, 0) is 50.4 Å². The molecule has 0 aliphatic carbocycles. The second-order valence-electron chi connectivity index (χ2n) is 5.81. The Morgan fingerprint density at radius 1 is 1.57 bits per heavy atom. The van der Waals surface area contributed by atoms with Gasteiger partial charge < -0.3 is 11.1 Å². The van der Waals surface area contributed by atoms with Crippen molar-refractivity contribution < 1.29 is 9.18 Å². The second-order valence-corrected chi connectivity index (χ2v) is 5.81. The standard InChI is InChI=1S/C16H24FN3O/c1-3-12-5-4-8-20(10-12)11(2)16(21)19-15-7-6-13(17)9-14(15)18/h6-7,9,11-12H,3-5,8,10,18H2,1-2H3,(H,19,21). The highest BCUT2D eigenvalue weighted by molar-refractivity contribution is 5.97. The zero-order chi connectivity index (χ0) is 15.4. The third-order valence-corrected chi connectivity index (χ3v) is 4.33. The molecule has 1 amide bonds. The summed E-state index contributed by atoms with van der Waals surface area (Å²) in [6.07, 6.45) is 3.52. The van der Waals surface area contributed by atoms with Crippen LogP contribution < -0.4 is 11.1 Å². The zero-order valence-electron chi connectivity index (χ0n) is 12.7. The molecule has 1 aromatic rings. The molecule has 1 aliphatic rings. The van der Waals surface area contributed by atoms with Gasteiger partial charge in [0.15, 0.2) is 0 Å². The number of benzene rings is 1. The summed E-state index contributed by atoms with van der Waals surface area (Å²) in [4.78, 5) is 14.6. The number of nitrogens with one attached hydrogen (secondary N) is 1. The van der Waals surface area contributed by atoms with Gasteiger partial charge in [0.25, 0.3) is 0 Å². The van der Waals surface area contributed by atoms with Crippen LogP contribution in [-0.2, 0) is 4.79 Å². The van der Waals surface area contributed by atoms with Crippen LogP contribution in [0.15, 0.2) is 18.2 Å². The van der Waals surface area contributed by atoms with Crippen molar-refractivity contribution in [3.8, 4) is 0 Å². The molecule has 1 fully saturated rings. The van der Waals surface area contributed by atoms with Gasteiger partial charge in [0.05, 0.1) is 17.4 Å². The highest BCUT2D eigenvalue weighted by Gasteiger charge is 2.26. The summed E-state index contributed by atoms with van der Waals surface area (Å²) < 4.78 is 13.0. The number of rotatable bonds is 4. The van der Waals surface area contributed by atoms with Crippen LogP contribution in [0.3, 0.4) is 0 Å². The van der Waals surface area contributed by atoms with Crippen molar-refractivity contribution in [2.45, 2.75) is 39.2 Å². The van der Waals surface area contributed by atoms with Gasteiger partial charge in [-0.2, -0.15) is 0 Å². The lowest BCUT2D eigenvalue weighted by Gasteiger charge is -2.35. The van der Waals surface area contributed by atoms with E-state index in [2.05, 4.69) is 17.1 Å². The number of anilines is 2. The minimum atomic E-state index is -0.402. The number of likely N-dealkylation sites (tertiary alicyclic amines) is 1. The Kier molecular flexibility index (Phi) is 5.17. The maximum Gasteiger partial charge on any atom is 0.241 e. The molecule has 1 aromatic carbocycles. The van der Waals surface area contributed by atoms with E-state index in [9.17, 15) is 9.18 Å². The van der Waals surface area contributed by atoms with Gasteiger partial charge in [0.1, 0.15) is 5.82 Å². The van der Waals surface area contributed by atoms with E-state index in [0.717, 1.165) is 25.9 Å². The molecular weight excluding hydrogens is 269 g/mol. The first-order valence-corrected chi connectivity index (χ1v) is 7.61. The molecule has 0 bridgehead atoms. The largest absolute Gasteiger partial charge is 0.397 e. The molecule has 5 heteroatoms. The second kappa shape index (κ2) is 6.89. The lowest BCUT2D eigenvalue weighted by Crippen LogP contribution is -2.47. The number of carbonyl (C=O) groups is 1. The number of hydrogen-bond donors (Lipinski definition) is 2. The van der Waals surface area contributed by atoms with Gasteiger partial charge in [0, 0.05) is 6.54 Å². The third kappa shape index (κ3) is 3.94. The molecule has 2 rings (SSSR count). The first kappa shape index (κ1) is 15.8.